The van der Waals surface area contributed by atoms with Crippen molar-refractivity contribution in [1.29, 1.82) is 0 Å². The van der Waals surface area contributed by atoms with E-state index >= 15 is 0 Å². The van der Waals surface area contributed by atoms with Crippen molar-refractivity contribution < 1.29 is 0 Å². The van der Waals surface area contributed by atoms with Gasteiger partial charge in [-0.3, -0.25) is 0 Å². The molecule has 0 aromatic rings. The molecule has 0 radical (unpaired) electrons. The number of hydrogen-bond donors (Lipinski definition) is 0. The van der Waals surface area contributed by atoms with E-state index in [1.54, 1.807) is 0 Å². The molecule has 0 unspecified atom stereocenters. The second kappa shape index (κ2) is 33.7. The van der Waals surface area contributed by atoms with Gasteiger partial charge in [0.05, 0.1) is 0 Å². The van der Waals surface area contributed by atoms with Gasteiger partial charge >= 0.3 is 0 Å². The quantitative estimate of drug-likeness (QED) is 0.0630. The Balaban J connectivity index is 3.76. The number of rotatable bonds is 32. The third-order valence-corrected chi connectivity index (χ3v) is 8.14. The van der Waals surface area contributed by atoms with Crippen LogP contribution in [0.3, 0.4) is 0 Å². The first-order chi connectivity index (χ1) is 18.3. The maximum atomic E-state index is 2.83. The Labute approximate surface area is 237 Å². The monoisotopic (exact) mass is 520 g/mol. The van der Waals surface area contributed by atoms with Gasteiger partial charge in [0.1, 0.15) is 0 Å². The van der Waals surface area contributed by atoms with Gasteiger partial charge in [-0.05, 0) is 64.6 Å². The SMILES string of the molecule is CCCCCCCC/C=C\CCCCCCCCN(CCCCCCCCC)CCCCCCCCC. The highest BCUT2D eigenvalue weighted by atomic mass is 15.1. The van der Waals surface area contributed by atoms with Crippen molar-refractivity contribution in [3.8, 4) is 0 Å². The maximum Gasteiger partial charge on any atom is -0.00187 e. The number of allylic oxidation sites excluding steroid dienone is 2. The van der Waals surface area contributed by atoms with Crippen molar-refractivity contribution >= 4 is 0 Å². The van der Waals surface area contributed by atoms with E-state index in [2.05, 4.69) is 37.8 Å². The lowest BCUT2D eigenvalue weighted by Gasteiger charge is -2.22. The van der Waals surface area contributed by atoms with Gasteiger partial charge in [-0.2, -0.15) is 0 Å². The van der Waals surface area contributed by atoms with E-state index in [1.807, 2.05) is 0 Å². The molecule has 0 aliphatic rings. The smallest absolute Gasteiger partial charge is 0.00187 e. The number of hydrogen-bond acceptors (Lipinski definition) is 1. The average Bonchev–Trinajstić information content (AvgIpc) is 2.91. The van der Waals surface area contributed by atoms with Crippen molar-refractivity contribution in [1.82, 2.24) is 4.90 Å². The molecule has 222 valence electrons. The Kier molecular flexibility index (Phi) is 33.5. The number of nitrogens with zero attached hydrogens (tertiary/aromatic N) is 1. The lowest BCUT2D eigenvalue weighted by Crippen LogP contribution is -2.27. The first-order valence-corrected chi connectivity index (χ1v) is 17.7. The van der Waals surface area contributed by atoms with Gasteiger partial charge in [-0.15, -0.1) is 0 Å². The Morgan fingerprint density at radius 1 is 0.297 bits per heavy atom. The molecule has 37 heavy (non-hydrogen) atoms. The van der Waals surface area contributed by atoms with Crippen LogP contribution in [0.15, 0.2) is 12.2 Å². The van der Waals surface area contributed by atoms with E-state index in [-0.39, 0.29) is 0 Å². The molecule has 0 amide bonds. The topological polar surface area (TPSA) is 3.24 Å². The van der Waals surface area contributed by atoms with Crippen LogP contribution < -0.4 is 0 Å². The van der Waals surface area contributed by atoms with Crippen LogP contribution in [-0.2, 0) is 0 Å². The molecule has 0 fully saturated rings. The van der Waals surface area contributed by atoms with E-state index in [0.717, 1.165) is 0 Å². The molecule has 1 heteroatoms. The summed E-state index contributed by atoms with van der Waals surface area (Å²) in [6, 6.07) is 0. The molecule has 0 saturated heterocycles. The normalized spacial score (nSPS) is 11.9. The molecule has 0 atom stereocenters. The number of unbranched alkanes of at least 4 members (excludes halogenated alkanes) is 24. The van der Waals surface area contributed by atoms with Crippen LogP contribution in [-0.4, -0.2) is 24.5 Å². The van der Waals surface area contributed by atoms with E-state index in [0.29, 0.717) is 0 Å². The molecule has 1 nitrogen and oxygen atoms in total. The lowest BCUT2D eigenvalue weighted by molar-refractivity contribution is 0.254. The second-order valence-corrected chi connectivity index (χ2v) is 12.0. The summed E-state index contributed by atoms with van der Waals surface area (Å²) < 4.78 is 0. The third-order valence-electron chi connectivity index (χ3n) is 8.14. The second-order valence-electron chi connectivity index (χ2n) is 12.0. The zero-order valence-electron chi connectivity index (χ0n) is 26.5. The minimum Gasteiger partial charge on any atom is -0.303 e. The predicted molar refractivity (Wildman–Crippen MR) is 172 cm³/mol. The maximum absolute atomic E-state index is 2.83. The molecule has 0 spiro atoms. The van der Waals surface area contributed by atoms with Crippen molar-refractivity contribution in [2.24, 2.45) is 0 Å². The highest BCUT2D eigenvalue weighted by molar-refractivity contribution is 4.81. The summed E-state index contributed by atoms with van der Waals surface area (Å²) in [6.45, 7) is 11.0. The molecule has 0 saturated carbocycles. The van der Waals surface area contributed by atoms with E-state index < -0.39 is 0 Å². The minimum atomic E-state index is 1.31. The molecular weight excluding hydrogens is 446 g/mol. The standard InChI is InChI=1S/C36H73N/c1-4-7-10-13-16-17-18-19-20-21-22-23-24-27-30-33-36-37(34-31-28-25-14-11-8-5-2)35-32-29-26-15-12-9-6-3/h19-20H,4-18,21-36H2,1-3H3/b20-19-. The Morgan fingerprint density at radius 2 is 0.541 bits per heavy atom. The lowest BCUT2D eigenvalue weighted by atomic mass is 10.1. The fraction of sp³-hybridized carbons (Fsp3) is 0.944. The molecule has 0 aromatic heterocycles. The van der Waals surface area contributed by atoms with Crippen LogP contribution in [0.1, 0.15) is 201 Å². The molecule has 0 N–H and O–H groups in total. The van der Waals surface area contributed by atoms with Gasteiger partial charge in [-0.25, -0.2) is 0 Å². The molecule has 0 bridgehead atoms. The van der Waals surface area contributed by atoms with Crippen molar-refractivity contribution in [3.63, 3.8) is 0 Å². The van der Waals surface area contributed by atoms with Crippen LogP contribution in [0.4, 0.5) is 0 Å². The molecule has 0 aliphatic carbocycles. The Morgan fingerprint density at radius 3 is 0.838 bits per heavy atom. The third kappa shape index (κ3) is 31.8. The molecule has 0 aromatic carbocycles. The summed E-state index contributed by atoms with van der Waals surface area (Å²) in [5, 5.41) is 0. The summed E-state index contributed by atoms with van der Waals surface area (Å²) in [5.41, 5.74) is 0. The summed E-state index contributed by atoms with van der Waals surface area (Å²) in [7, 11) is 0. The van der Waals surface area contributed by atoms with Crippen molar-refractivity contribution in [3.05, 3.63) is 12.2 Å². The molecule has 0 heterocycles. The van der Waals surface area contributed by atoms with E-state index in [1.165, 1.54) is 199 Å². The van der Waals surface area contributed by atoms with Crippen LogP contribution >= 0.6 is 0 Å². The first kappa shape index (κ1) is 36.7. The van der Waals surface area contributed by atoms with Crippen LogP contribution in [0, 0.1) is 0 Å². The molecule has 0 aliphatic heterocycles. The molecule has 0 rings (SSSR count). The Bertz CT molecular complexity index is 397. The van der Waals surface area contributed by atoms with Crippen molar-refractivity contribution in [2.45, 2.75) is 201 Å². The first-order valence-electron chi connectivity index (χ1n) is 17.7. The summed E-state index contributed by atoms with van der Waals surface area (Å²) in [5.74, 6) is 0. The summed E-state index contributed by atoms with van der Waals surface area (Å²) in [4.78, 5) is 2.83. The molecular formula is C36H73N. The minimum absolute atomic E-state index is 1.31. The van der Waals surface area contributed by atoms with E-state index in [9.17, 15) is 0 Å². The van der Waals surface area contributed by atoms with Crippen molar-refractivity contribution in [2.75, 3.05) is 19.6 Å². The van der Waals surface area contributed by atoms with Gasteiger partial charge in [0.25, 0.3) is 0 Å². The highest BCUT2D eigenvalue weighted by Gasteiger charge is 2.05. The fourth-order valence-corrected chi connectivity index (χ4v) is 5.50. The fourth-order valence-electron chi connectivity index (χ4n) is 5.50. The summed E-state index contributed by atoms with van der Waals surface area (Å²) in [6.07, 6.45) is 44.7. The van der Waals surface area contributed by atoms with Gasteiger partial charge in [-0.1, -0.05) is 168 Å². The predicted octanol–water partition coefficient (Wildman–Crippen LogP) is 12.8. The van der Waals surface area contributed by atoms with E-state index in [4.69, 9.17) is 0 Å². The van der Waals surface area contributed by atoms with Crippen LogP contribution in [0.5, 0.6) is 0 Å². The van der Waals surface area contributed by atoms with Gasteiger partial charge < -0.3 is 4.90 Å². The zero-order valence-corrected chi connectivity index (χ0v) is 26.5. The summed E-state index contributed by atoms with van der Waals surface area (Å²) >= 11 is 0. The van der Waals surface area contributed by atoms with Crippen LogP contribution in [0.25, 0.3) is 0 Å². The Hall–Kier alpha value is -0.300. The van der Waals surface area contributed by atoms with Crippen LogP contribution in [0.2, 0.25) is 0 Å². The van der Waals surface area contributed by atoms with Gasteiger partial charge in [0.15, 0.2) is 0 Å². The zero-order chi connectivity index (χ0) is 26.9. The largest absolute Gasteiger partial charge is 0.303 e. The average molecular weight is 520 g/mol. The van der Waals surface area contributed by atoms with Gasteiger partial charge in [0, 0.05) is 0 Å². The van der Waals surface area contributed by atoms with Gasteiger partial charge in [0.2, 0.25) is 0 Å². The highest BCUT2D eigenvalue weighted by Crippen LogP contribution is 2.13.